The first kappa shape index (κ1) is 77.7. The molecular weight excluding hydrogens is 1020 g/mol. The fourth-order valence-corrected chi connectivity index (χ4v) is 9.74. The Morgan fingerprint density at radius 3 is 1.16 bits per heavy atom. The zero-order valence-electron chi connectivity index (χ0n) is 53.2. The molecule has 0 aliphatic rings. The number of carbonyl (C=O) groups is 2. The first-order valence-electron chi connectivity index (χ1n) is 33.2. The Morgan fingerprint density at radius 1 is 0.432 bits per heavy atom. The Labute approximate surface area is 500 Å². The number of hydrogen-bond acceptors (Lipinski definition) is 7. The number of phosphoric acid groups is 1. The highest BCUT2D eigenvalue weighted by molar-refractivity contribution is 7.45. The van der Waals surface area contributed by atoms with Gasteiger partial charge >= 0.3 is 5.97 Å². The van der Waals surface area contributed by atoms with E-state index in [4.69, 9.17) is 13.8 Å². The molecule has 0 heterocycles. The highest BCUT2D eigenvalue weighted by Gasteiger charge is 2.27. The molecule has 0 aromatic rings. The van der Waals surface area contributed by atoms with Crippen molar-refractivity contribution in [1.82, 2.24) is 5.32 Å². The molecule has 0 aliphatic heterocycles. The van der Waals surface area contributed by atoms with Gasteiger partial charge in [-0.3, -0.25) is 14.2 Å². The van der Waals surface area contributed by atoms with E-state index < -0.39 is 26.6 Å². The van der Waals surface area contributed by atoms with E-state index in [0.29, 0.717) is 23.9 Å². The topological polar surface area (TPSA) is 114 Å². The molecule has 0 saturated heterocycles. The van der Waals surface area contributed by atoms with Crippen molar-refractivity contribution in [3.8, 4) is 0 Å². The predicted octanol–water partition coefficient (Wildman–Crippen LogP) is 20.3. The molecular formula is C71H125N2O7P. The van der Waals surface area contributed by atoms with E-state index >= 15 is 0 Å². The maximum atomic E-state index is 13.6. The van der Waals surface area contributed by atoms with E-state index in [1.807, 2.05) is 33.3 Å². The van der Waals surface area contributed by atoms with Crippen LogP contribution in [0.5, 0.6) is 0 Å². The smallest absolute Gasteiger partial charge is 0.306 e. The maximum absolute atomic E-state index is 13.6. The van der Waals surface area contributed by atoms with Crippen molar-refractivity contribution in [2.24, 2.45) is 0 Å². The van der Waals surface area contributed by atoms with E-state index in [9.17, 15) is 19.0 Å². The first-order chi connectivity index (χ1) is 39.4. The van der Waals surface area contributed by atoms with Crippen molar-refractivity contribution in [3.05, 3.63) is 109 Å². The van der Waals surface area contributed by atoms with Gasteiger partial charge in [0, 0.05) is 12.8 Å². The van der Waals surface area contributed by atoms with Crippen LogP contribution in [0.3, 0.4) is 0 Å². The van der Waals surface area contributed by atoms with Crippen molar-refractivity contribution < 1.29 is 37.3 Å². The van der Waals surface area contributed by atoms with Crippen molar-refractivity contribution >= 4 is 19.7 Å². The number of nitrogens with zero attached hydrogens (tertiary/aromatic N) is 1. The average molecular weight is 1150 g/mol. The fourth-order valence-electron chi connectivity index (χ4n) is 9.02. The lowest BCUT2D eigenvalue weighted by molar-refractivity contribution is -0.870. The van der Waals surface area contributed by atoms with E-state index in [1.54, 1.807) is 0 Å². The summed E-state index contributed by atoms with van der Waals surface area (Å²) >= 11 is 0. The third kappa shape index (κ3) is 61.1. The minimum Gasteiger partial charge on any atom is -0.756 e. The molecule has 81 heavy (non-hydrogen) atoms. The summed E-state index contributed by atoms with van der Waals surface area (Å²) in [5, 5.41) is 3.01. The number of likely N-dealkylation sites (N-methyl/N-ethyl adjacent to an activating group) is 1. The van der Waals surface area contributed by atoms with E-state index in [0.717, 1.165) is 103 Å². The normalized spacial score (nSPS) is 14.3. The molecule has 0 spiro atoms. The zero-order valence-corrected chi connectivity index (χ0v) is 54.1. The van der Waals surface area contributed by atoms with Gasteiger partial charge < -0.3 is 28.5 Å². The first-order valence-corrected chi connectivity index (χ1v) is 34.7. The van der Waals surface area contributed by atoms with E-state index in [2.05, 4.69) is 123 Å². The summed E-state index contributed by atoms with van der Waals surface area (Å²) in [6.07, 6.45) is 81.9. The van der Waals surface area contributed by atoms with Crippen LogP contribution in [0, 0.1) is 0 Å². The van der Waals surface area contributed by atoms with Crippen LogP contribution in [0.1, 0.15) is 278 Å². The number of amides is 1. The summed E-state index contributed by atoms with van der Waals surface area (Å²) in [5.41, 5.74) is 0. The van der Waals surface area contributed by atoms with Crippen LogP contribution in [-0.2, 0) is 27.9 Å². The summed E-state index contributed by atoms with van der Waals surface area (Å²) in [7, 11) is 1.14. The van der Waals surface area contributed by atoms with Crippen LogP contribution < -0.4 is 10.2 Å². The number of carbonyl (C=O) groups excluding carboxylic acids is 2. The quantitative estimate of drug-likeness (QED) is 0.0212. The summed E-state index contributed by atoms with van der Waals surface area (Å²) in [6, 6.07) is -0.918. The van der Waals surface area contributed by atoms with Gasteiger partial charge in [0.15, 0.2) is 0 Å². The van der Waals surface area contributed by atoms with Crippen LogP contribution in [-0.4, -0.2) is 69.4 Å². The predicted molar refractivity (Wildman–Crippen MR) is 348 cm³/mol. The third-order valence-electron chi connectivity index (χ3n) is 14.2. The lowest BCUT2D eigenvalue weighted by Gasteiger charge is -2.30. The molecule has 0 aromatic heterocycles. The fraction of sp³-hybridized carbons (Fsp3) is 0.718. The molecule has 3 atom stereocenters. The second-order valence-electron chi connectivity index (χ2n) is 23.3. The number of nitrogens with one attached hydrogen (secondary N) is 1. The van der Waals surface area contributed by atoms with Crippen LogP contribution in [0.2, 0.25) is 0 Å². The lowest BCUT2D eigenvalue weighted by atomic mass is 10.0. The van der Waals surface area contributed by atoms with Gasteiger partial charge in [0.25, 0.3) is 7.82 Å². The van der Waals surface area contributed by atoms with Crippen molar-refractivity contribution in [3.63, 3.8) is 0 Å². The molecule has 9 nitrogen and oxygen atoms in total. The summed E-state index contributed by atoms with van der Waals surface area (Å²) in [6.45, 7) is 6.76. The van der Waals surface area contributed by atoms with E-state index in [-0.39, 0.29) is 31.3 Å². The van der Waals surface area contributed by atoms with Gasteiger partial charge in [0.2, 0.25) is 5.91 Å². The van der Waals surface area contributed by atoms with Crippen molar-refractivity contribution in [1.29, 1.82) is 0 Å². The summed E-state index contributed by atoms with van der Waals surface area (Å²) in [4.78, 5) is 40.1. The maximum Gasteiger partial charge on any atom is 0.306 e. The molecule has 3 unspecified atom stereocenters. The Morgan fingerprint density at radius 2 is 0.753 bits per heavy atom. The molecule has 466 valence electrons. The molecule has 1 amide bonds. The SMILES string of the molecule is CCCCC/C=C\C/C=C\C/C=C\C/C=C\CCCCCCCCCC(=O)OC(/C=C/CCCCCCCCCCCCC)C(COP(=O)([O-])OCC[N+](C)(C)C)NC(=O)CCCCC/C=C\C/C=C\C/C=C\C/C=C\CCCCC. The number of ether oxygens (including phenoxy) is 1. The Hall–Kier alpha value is -3.33. The van der Waals surface area contributed by atoms with Gasteiger partial charge in [-0.25, -0.2) is 0 Å². The molecule has 0 saturated carbocycles. The molecule has 1 N–H and O–H groups in total. The molecule has 0 bridgehead atoms. The highest BCUT2D eigenvalue weighted by Crippen LogP contribution is 2.38. The number of phosphoric ester groups is 1. The molecule has 0 aromatic carbocycles. The lowest BCUT2D eigenvalue weighted by Crippen LogP contribution is -2.47. The Balaban J connectivity index is 5.30. The summed E-state index contributed by atoms with van der Waals surface area (Å²) < 4.78 is 30.4. The minimum absolute atomic E-state index is 0.0360. The molecule has 0 fully saturated rings. The van der Waals surface area contributed by atoms with Crippen molar-refractivity contribution in [2.45, 2.75) is 290 Å². The number of hydrogen-bond donors (Lipinski definition) is 1. The van der Waals surface area contributed by atoms with Gasteiger partial charge in [-0.2, -0.15) is 0 Å². The molecule has 0 aliphatic carbocycles. The molecule has 0 rings (SSSR count). The average Bonchev–Trinajstić information content (AvgIpc) is 3.44. The van der Waals surface area contributed by atoms with Crippen LogP contribution in [0.4, 0.5) is 0 Å². The van der Waals surface area contributed by atoms with Gasteiger partial charge in [-0.05, 0) is 122 Å². The largest absolute Gasteiger partial charge is 0.756 e. The zero-order chi connectivity index (χ0) is 59.3. The minimum atomic E-state index is -4.72. The van der Waals surface area contributed by atoms with Gasteiger partial charge in [-0.1, -0.05) is 252 Å². The van der Waals surface area contributed by atoms with Gasteiger partial charge in [0.1, 0.15) is 19.3 Å². The Kier molecular flexibility index (Phi) is 57.4. The monoisotopic (exact) mass is 1150 g/mol. The van der Waals surface area contributed by atoms with Crippen LogP contribution in [0.15, 0.2) is 109 Å². The second kappa shape index (κ2) is 59.8. The number of esters is 1. The van der Waals surface area contributed by atoms with Crippen LogP contribution >= 0.6 is 7.82 Å². The highest BCUT2D eigenvalue weighted by atomic mass is 31.2. The number of rotatable bonds is 59. The molecule has 10 heteroatoms. The van der Waals surface area contributed by atoms with Crippen LogP contribution in [0.25, 0.3) is 0 Å². The second-order valence-corrected chi connectivity index (χ2v) is 24.7. The summed E-state index contributed by atoms with van der Waals surface area (Å²) in [5.74, 6) is -0.592. The number of quaternary nitrogens is 1. The standard InChI is InChI=1S/C71H125N2O7P/c1-7-10-13-16-19-22-25-28-30-32-34-35-36-37-39-41-43-46-49-52-55-58-61-64-71(75)80-69(62-59-56-53-50-47-44-27-24-21-18-15-12-9-3)68(67-79-81(76,77)78-66-65-73(4,5)6)72-70(74)63-60-57-54-51-48-45-42-40-38-33-31-29-26-23-20-17-14-11-8-2/h19-20,22-23,28-31,34-35,37-40,45,48,59,62,68-69H,7-18,21,24-27,32-33,36,41-44,46-47,49-58,60-61,63-67H2,1-6H3,(H-,72,74,76,77)/b22-19-,23-20-,30-28-,31-29-,35-34-,39-37-,40-38-,48-45-,62-59+. The number of unbranched alkanes of at least 4 members (excludes halogenated alkanes) is 27. The van der Waals surface area contributed by atoms with E-state index in [1.165, 1.54) is 128 Å². The Bertz CT molecular complexity index is 1750. The van der Waals surface area contributed by atoms with Crippen molar-refractivity contribution in [2.75, 3.05) is 40.9 Å². The van der Waals surface area contributed by atoms with Gasteiger partial charge in [-0.15, -0.1) is 0 Å². The van der Waals surface area contributed by atoms with Gasteiger partial charge in [0.05, 0.1) is 33.8 Å². The number of allylic oxidation sites excluding steroid dienone is 17. The third-order valence-corrected chi connectivity index (χ3v) is 15.1. The molecule has 0 radical (unpaired) electrons.